The zero-order valence-corrected chi connectivity index (χ0v) is 8.83. The van der Waals surface area contributed by atoms with E-state index in [9.17, 15) is 4.79 Å². The molecule has 1 heterocycles. The molecule has 0 radical (unpaired) electrons. The number of nitrogens with one attached hydrogen (secondary N) is 1. The van der Waals surface area contributed by atoms with Crippen molar-refractivity contribution in [1.29, 1.82) is 0 Å². The van der Waals surface area contributed by atoms with Crippen LogP contribution in [0.3, 0.4) is 0 Å². The molecule has 0 atom stereocenters. The number of hydrogen-bond acceptors (Lipinski definition) is 4. The van der Waals surface area contributed by atoms with E-state index in [0.717, 1.165) is 44.2 Å². The maximum absolute atomic E-state index is 10.8. The van der Waals surface area contributed by atoms with Crippen LogP contribution in [-0.4, -0.2) is 16.5 Å². The van der Waals surface area contributed by atoms with E-state index in [2.05, 4.69) is 9.97 Å². The third-order valence-electron chi connectivity index (χ3n) is 2.33. The van der Waals surface area contributed by atoms with Crippen LogP contribution in [0.15, 0.2) is 11.0 Å². The summed E-state index contributed by atoms with van der Waals surface area (Å²) in [6.45, 7) is 0.752. The molecule has 0 saturated heterocycles. The number of anilines is 1. The first-order valence-electron chi connectivity index (χ1n) is 5.28. The molecule has 0 fully saturated rings. The van der Waals surface area contributed by atoms with E-state index in [-0.39, 0.29) is 5.69 Å². The fraction of sp³-hybridized carbons (Fsp3) is 0.600. The van der Waals surface area contributed by atoms with Gasteiger partial charge >= 0.3 is 5.69 Å². The molecule has 1 aromatic rings. The van der Waals surface area contributed by atoms with Crippen molar-refractivity contribution in [1.82, 2.24) is 9.97 Å². The number of hydrogen-bond donors (Lipinski definition) is 3. The van der Waals surface area contributed by atoms with Crippen molar-refractivity contribution >= 4 is 5.82 Å². The van der Waals surface area contributed by atoms with Crippen molar-refractivity contribution in [2.45, 2.75) is 32.1 Å². The number of nitrogen functional groups attached to an aromatic ring is 1. The number of rotatable bonds is 6. The van der Waals surface area contributed by atoms with Gasteiger partial charge in [-0.25, -0.2) is 9.78 Å². The number of aromatic amines is 1. The van der Waals surface area contributed by atoms with Gasteiger partial charge in [0, 0.05) is 11.8 Å². The summed E-state index contributed by atoms with van der Waals surface area (Å²) in [5.41, 5.74) is 11.6. The summed E-state index contributed by atoms with van der Waals surface area (Å²) in [6, 6.07) is 0. The van der Waals surface area contributed by atoms with Gasteiger partial charge < -0.3 is 11.5 Å². The number of nitrogens with two attached hydrogens (primary N) is 2. The van der Waals surface area contributed by atoms with Crippen LogP contribution in [0.1, 0.15) is 31.2 Å². The van der Waals surface area contributed by atoms with Gasteiger partial charge in [0.05, 0.1) is 0 Å². The summed E-state index contributed by atoms with van der Waals surface area (Å²) >= 11 is 0. The first-order valence-corrected chi connectivity index (χ1v) is 5.28. The van der Waals surface area contributed by atoms with Crippen molar-refractivity contribution < 1.29 is 0 Å². The van der Waals surface area contributed by atoms with Crippen molar-refractivity contribution in [3.8, 4) is 0 Å². The molecular formula is C10H18N4O. The lowest BCUT2D eigenvalue weighted by Gasteiger charge is -2.03. The molecule has 0 aromatic carbocycles. The summed E-state index contributed by atoms with van der Waals surface area (Å²) in [4.78, 5) is 16.9. The molecule has 0 bridgehead atoms. The Hall–Kier alpha value is -1.36. The smallest absolute Gasteiger partial charge is 0.346 e. The second-order valence-corrected chi connectivity index (χ2v) is 3.58. The first-order chi connectivity index (χ1) is 7.24. The molecule has 5 nitrogen and oxygen atoms in total. The number of H-pyrrole nitrogens is 1. The predicted octanol–water partition coefficient (Wildman–Crippen LogP) is 0.414. The Morgan fingerprint density at radius 3 is 2.67 bits per heavy atom. The minimum Gasteiger partial charge on any atom is -0.385 e. The highest BCUT2D eigenvalue weighted by atomic mass is 16.1. The molecular weight excluding hydrogens is 192 g/mol. The van der Waals surface area contributed by atoms with E-state index in [1.807, 2.05) is 0 Å². The molecule has 0 aliphatic heterocycles. The molecule has 0 saturated carbocycles. The Morgan fingerprint density at radius 2 is 2.00 bits per heavy atom. The number of aromatic nitrogens is 2. The van der Waals surface area contributed by atoms with E-state index < -0.39 is 0 Å². The van der Waals surface area contributed by atoms with E-state index in [1.165, 1.54) is 0 Å². The number of aryl methyl sites for hydroxylation is 1. The van der Waals surface area contributed by atoms with Gasteiger partial charge in [0.2, 0.25) is 0 Å². The van der Waals surface area contributed by atoms with Crippen molar-refractivity contribution in [3.05, 3.63) is 22.2 Å². The largest absolute Gasteiger partial charge is 0.385 e. The topological polar surface area (TPSA) is 97.8 Å². The van der Waals surface area contributed by atoms with E-state index >= 15 is 0 Å². The standard InChI is InChI=1S/C10H18N4O/c11-6-4-2-1-3-5-8-7-13-10(15)14-9(8)12/h7H,1-6,11H2,(H3,12,13,14,15). The van der Waals surface area contributed by atoms with Crippen molar-refractivity contribution in [2.24, 2.45) is 5.73 Å². The Bertz CT molecular complexity index is 348. The van der Waals surface area contributed by atoms with Crippen molar-refractivity contribution in [3.63, 3.8) is 0 Å². The molecule has 15 heavy (non-hydrogen) atoms. The number of nitrogens with zero attached hydrogens (tertiary/aromatic N) is 1. The van der Waals surface area contributed by atoms with Gasteiger partial charge in [-0.05, 0) is 25.8 Å². The summed E-state index contributed by atoms with van der Waals surface area (Å²) in [5, 5.41) is 0. The highest BCUT2D eigenvalue weighted by molar-refractivity contribution is 5.36. The quantitative estimate of drug-likeness (QED) is 0.592. The van der Waals surface area contributed by atoms with E-state index in [0.29, 0.717) is 5.82 Å². The van der Waals surface area contributed by atoms with Gasteiger partial charge in [-0.15, -0.1) is 0 Å². The minimum absolute atomic E-state index is 0.389. The van der Waals surface area contributed by atoms with Crippen LogP contribution in [0.25, 0.3) is 0 Å². The summed E-state index contributed by atoms with van der Waals surface area (Å²) in [7, 11) is 0. The molecule has 0 amide bonds. The molecule has 1 rings (SSSR count). The first kappa shape index (κ1) is 11.7. The highest BCUT2D eigenvalue weighted by Crippen LogP contribution is 2.09. The second-order valence-electron chi connectivity index (χ2n) is 3.58. The molecule has 0 spiro atoms. The van der Waals surface area contributed by atoms with Gasteiger partial charge in [0.15, 0.2) is 0 Å². The van der Waals surface area contributed by atoms with Gasteiger partial charge in [0.1, 0.15) is 5.82 Å². The Labute approximate surface area is 88.9 Å². The predicted molar refractivity (Wildman–Crippen MR) is 60.5 cm³/mol. The van der Waals surface area contributed by atoms with Crippen molar-refractivity contribution in [2.75, 3.05) is 12.3 Å². The second kappa shape index (κ2) is 6.19. The molecule has 1 aromatic heterocycles. The van der Waals surface area contributed by atoms with Gasteiger partial charge in [0.25, 0.3) is 0 Å². The fourth-order valence-electron chi connectivity index (χ4n) is 1.45. The molecule has 84 valence electrons. The normalized spacial score (nSPS) is 10.5. The van der Waals surface area contributed by atoms with Gasteiger partial charge in [-0.2, -0.15) is 0 Å². The van der Waals surface area contributed by atoms with Gasteiger partial charge in [-0.3, -0.25) is 4.98 Å². The molecule has 5 heteroatoms. The zero-order valence-electron chi connectivity index (χ0n) is 8.83. The summed E-state index contributed by atoms with van der Waals surface area (Å²) in [5.74, 6) is 0.439. The third-order valence-corrected chi connectivity index (χ3v) is 2.33. The average Bonchev–Trinajstić information content (AvgIpc) is 2.20. The lowest BCUT2D eigenvalue weighted by molar-refractivity contribution is 0.645. The van der Waals surface area contributed by atoms with Crippen LogP contribution < -0.4 is 17.2 Å². The monoisotopic (exact) mass is 210 g/mol. The average molecular weight is 210 g/mol. The lowest BCUT2D eigenvalue weighted by atomic mass is 10.1. The van der Waals surface area contributed by atoms with Crippen LogP contribution in [0.5, 0.6) is 0 Å². The van der Waals surface area contributed by atoms with E-state index in [4.69, 9.17) is 11.5 Å². The molecule has 5 N–H and O–H groups in total. The van der Waals surface area contributed by atoms with Crippen LogP contribution in [0.4, 0.5) is 5.82 Å². The Morgan fingerprint density at radius 1 is 1.27 bits per heavy atom. The maximum atomic E-state index is 10.8. The third kappa shape index (κ3) is 4.12. The van der Waals surface area contributed by atoms with Crippen LogP contribution in [0, 0.1) is 0 Å². The zero-order chi connectivity index (χ0) is 11.1. The molecule has 0 aliphatic carbocycles. The van der Waals surface area contributed by atoms with Crippen LogP contribution >= 0.6 is 0 Å². The lowest BCUT2D eigenvalue weighted by Crippen LogP contribution is -2.14. The Kier molecular flexibility index (Phi) is 4.83. The highest BCUT2D eigenvalue weighted by Gasteiger charge is 2.00. The molecule has 0 aliphatic rings. The Balaban J connectivity index is 2.34. The molecule has 0 unspecified atom stereocenters. The SMILES string of the molecule is NCCCCCCc1cnc(=O)[nH]c1N. The van der Waals surface area contributed by atoms with E-state index in [1.54, 1.807) is 6.20 Å². The van der Waals surface area contributed by atoms with Gasteiger partial charge in [-0.1, -0.05) is 12.8 Å². The fourth-order valence-corrected chi connectivity index (χ4v) is 1.45. The maximum Gasteiger partial charge on any atom is 0.346 e. The summed E-state index contributed by atoms with van der Waals surface area (Å²) < 4.78 is 0. The van der Waals surface area contributed by atoms with Crippen LogP contribution in [0.2, 0.25) is 0 Å². The number of unbranched alkanes of at least 4 members (excludes halogenated alkanes) is 3. The summed E-state index contributed by atoms with van der Waals surface area (Å²) in [6.07, 6.45) is 6.82. The van der Waals surface area contributed by atoms with Crippen LogP contribution in [-0.2, 0) is 6.42 Å². The minimum atomic E-state index is -0.389.